The molecule has 1 aromatic carbocycles. The highest BCUT2D eigenvalue weighted by atomic mass is 35.5. The molecule has 32 heavy (non-hydrogen) atoms. The van der Waals surface area contributed by atoms with Crippen LogP contribution in [0.5, 0.6) is 5.75 Å². The second-order valence-corrected chi connectivity index (χ2v) is 7.71. The Morgan fingerprint density at radius 2 is 2.06 bits per heavy atom. The zero-order valence-electron chi connectivity index (χ0n) is 16.5. The lowest BCUT2D eigenvalue weighted by atomic mass is 9.96. The number of hydrogen-bond acceptors (Lipinski definition) is 5. The van der Waals surface area contributed by atoms with Crippen molar-refractivity contribution in [1.82, 2.24) is 10.3 Å². The Morgan fingerprint density at radius 1 is 1.34 bits per heavy atom. The average Bonchev–Trinajstić information content (AvgIpc) is 2.64. The summed E-state index contributed by atoms with van der Waals surface area (Å²) >= 11 is 12.1. The van der Waals surface area contributed by atoms with Crippen LogP contribution in [0.4, 0.5) is 13.2 Å². The lowest BCUT2D eigenvalue weighted by Gasteiger charge is -2.33. The van der Waals surface area contributed by atoms with Gasteiger partial charge in [-0.15, -0.1) is 0 Å². The lowest BCUT2D eigenvalue weighted by Crippen LogP contribution is -2.54. The Bertz CT molecular complexity index is 1040. The van der Waals surface area contributed by atoms with Crippen molar-refractivity contribution in [3.63, 3.8) is 0 Å². The van der Waals surface area contributed by atoms with E-state index in [0.29, 0.717) is 0 Å². The number of carbonyl (C=O) groups is 2. The summed E-state index contributed by atoms with van der Waals surface area (Å²) in [5, 5.41) is 2.69. The standard InChI is InChI=1S/C20H17Cl2F3N3O4/c1-8(28-20(30)12-6-31-18(12)19(26)29)16-14(23)2-9(5-27-16)11-3-10(21)4-13(22)17(11)32-7-15(24)25/h2-5,8,15,18H,6-7H2,1H3,(H2,26,29)(H,28,30)/t8-,18?/m1/s1. The highest BCUT2D eigenvalue weighted by molar-refractivity contribution is 6.36. The van der Waals surface area contributed by atoms with Crippen molar-refractivity contribution in [2.45, 2.75) is 25.5 Å². The first-order valence-electron chi connectivity index (χ1n) is 9.21. The van der Waals surface area contributed by atoms with Gasteiger partial charge in [0.05, 0.1) is 23.4 Å². The predicted molar refractivity (Wildman–Crippen MR) is 110 cm³/mol. The highest BCUT2D eigenvalue weighted by Gasteiger charge is 2.43. The van der Waals surface area contributed by atoms with Crippen molar-refractivity contribution in [2.24, 2.45) is 5.73 Å². The van der Waals surface area contributed by atoms with Gasteiger partial charge in [-0.3, -0.25) is 14.6 Å². The number of nitrogens with one attached hydrogen (secondary N) is 1. The Labute approximate surface area is 191 Å². The van der Waals surface area contributed by atoms with Crippen molar-refractivity contribution in [3.05, 3.63) is 51.9 Å². The van der Waals surface area contributed by atoms with Gasteiger partial charge in [-0.2, -0.15) is 0 Å². The zero-order valence-corrected chi connectivity index (χ0v) is 18.0. The molecule has 0 bridgehead atoms. The van der Waals surface area contributed by atoms with Gasteiger partial charge in [-0.25, -0.2) is 13.2 Å². The van der Waals surface area contributed by atoms with E-state index in [4.69, 9.17) is 38.4 Å². The number of primary amides is 1. The molecule has 2 atom stereocenters. The maximum Gasteiger partial charge on any atom is 0.272 e. The van der Waals surface area contributed by atoms with Gasteiger partial charge in [-0.1, -0.05) is 23.2 Å². The van der Waals surface area contributed by atoms with Gasteiger partial charge >= 0.3 is 0 Å². The minimum Gasteiger partial charge on any atom is -0.485 e. The summed E-state index contributed by atoms with van der Waals surface area (Å²) in [7, 11) is 0. The molecular weight excluding hydrogens is 474 g/mol. The Kier molecular flexibility index (Phi) is 7.47. The van der Waals surface area contributed by atoms with Crippen LogP contribution in [-0.4, -0.2) is 42.5 Å². The van der Waals surface area contributed by atoms with Crippen molar-refractivity contribution >= 4 is 35.0 Å². The van der Waals surface area contributed by atoms with Gasteiger partial charge in [-0.05, 0) is 25.1 Å². The smallest absolute Gasteiger partial charge is 0.272 e. The van der Waals surface area contributed by atoms with Crippen molar-refractivity contribution in [1.29, 1.82) is 0 Å². The molecule has 1 radical (unpaired) electrons. The quantitative estimate of drug-likeness (QED) is 0.589. The predicted octanol–water partition coefficient (Wildman–Crippen LogP) is 3.47. The van der Waals surface area contributed by atoms with Crippen LogP contribution in [0.1, 0.15) is 18.7 Å². The molecule has 0 aliphatic carbocycles. The first kappa shape index (κ1) is 24.1. The van der Waals surface area contributed by atoms with E-state index in [1.54, 1.807) is 0 Å². The normalized spacial score (nSPS) is 17.0. The van der Waals surface area contributed by atoms with Crippen LogP contribution < -0.4 is 15.8 Å². The second-order valence-electron chi connectivity index (χ2n) is 6.87. The molecule has 3 N–H and O–H groups in total. The van der Waals surface area contributed by atoms with E-state index in [9.17, 15) is 22.8 Å². The maximum absolute atomic E-state index is 14.8. The number of carbonyl (C=O) groups excluding carboxylic acids is 2. The monoisotopic (exact) mass is 490 g/mol. The summed E-state index contributed by atoms with van der Waals surface area (Å²) in [5.41, 5.74) is 5.38. The highest BCUT2D eigenvalue weighted by Crippen LogP contribution is 2.39. The van der Waals surface area contributed by atoms with E-state index in [-0.39, 0.29) is 45.1 Å². The number of nitrogens with zero attached hydrogens (tertiary/aromatic N) is 1. The Morgan fingerprint density at radius 3 is 2.62 bits per heavy atom. The van der Waals surface area contributed by atoms with Gasteiger partial charge in [0.2, 0.25) is 11.8 Å². The van der Waals surface area contributed by atoms with Crippen molar-refractivity contribution in [2.75, 3.05) is 13.2 Å². The summed E-state index contributed by atoms with van der Waals surface area (Å²) in [6.45, 7) is 0.522. The number of nitrogens with two attached hydrogens (primary N) is 1. The van der Waals surface area contributed by atoms with E-state index in [0.717, 1.165) is 6.07 Å². The van der Waals surface area contributed by atoms with Gasteiger partial charge < -0.3 is 20.5 Å². The van der Waals surface area contributed by atoms with E-state index < -0.39 is 42.8 Å². The van der Waals surface area contributed by atoms with E-state index in [2.05, 4.69) is 10.3 Å². The van der Waals surface area contributed by atoms with Crippen LogP contribution in [0.2, 0.25) is 10.0 Å². The summed E-state index contributed by atoms with van der Waals surface area (Å²) in [4.78, 5) is 27.5. The molecule has 2 amide bonds. The number of amides is 2. The van der Waals surface area contributed by atoms with Crippen LogP contribution in [-0.2, 0) is 14.3 Å². The number of ether oxygens (including phenoxy) is 2. The van der Waals surface area contributed by atoms with E-state index >= 15 is 0 Å². The summed E-state index contributed by atoms with van der Waals surface area (Å²) in [6, 6.07) is 2.92. The molecule has 1 aromatic heterocycles. The number of hydrogen-bond donors (Lipinski definition) is 2. The molecule has 171 valence electrons. The molecule has 1 fully saturated rings. The lowest BCUT2D eigenvalue weighted by molar-refractivity contribution is -0.144. The largest absolute Gasteiger partial charge is 0.485 e. The number of alkyl halides is 2. The summed E-state index contributed by atoms with van der Waals surface area (Å²) in [5.74, 6) is -2.15. The van der Waals surface area contributed by atoms with Crippen LogP contribution in [0.25, 0.3) is 11.1 Å². The molecule has 1 aliphatic heterocycles. The summed E-state index contributed by atoms with van der Waals surface area (Å²) < 4.78 is 50.0. The van der Waals surface area contributed by atoms with Gasteiger partial charge in [0.1, 0.15) is 24.1 Å². The van der Waals surface area contributed by atoms with Crippen molar-refractivity contribution in [3.8, 4) is 16.9 Å². The Hall–Kier alpha value is -2.56. The minimum absolute atomic E-state index is 0.0259. The molecule has 2 heterocycles. The molecular formula is C20H17Cl2F3N3O4. The molecule has 3 rings (SSSR count). The first-order valence-corrected chi connectivity index (χ1v) is 9.97. The molecule has 7 nitrogen and oxygen atoms in total. The summed E-state index contributed by atoms with van der Waals surface area (Å²) in [6.07, 6.45) is -2.59. The molecule has 2 aromatic rings. The van der Waals surface area contributed by atoms with E-state index in [1.165, 1.54) is 25.3 Å². The van der Waals surface area contributed by atoms with Crippen molar-refractivity contribution < 1.29 is 32.2 Å². The molecule has 0 spiro atoms. The molecule has 1 saturated heterocycles. The number of pyridine rings is 1. The number of halogens is 5. The fourth-order valence-electron chi connectivity index (χ4n) is 3.03. The average molecular weight is 491 g/mol. The second kappa shape index (κ2) is 9.93. The SMILES string of the molecule is C[C@@H](NC(=O)[C]1COC1C(N)=O)c1ncc(-c2cc(Cl)cc(Cl)c2OCC(F)F)cc1F. The van der Waals surface area contributed by atoms with Gasteiger partial charge in [0.25, 0.3) is 6.43 Å². The van der Waals surface area contributed by atoms with Gasteiger partial charge in [0, 0.05) is 22.3 Å². The van der Waals surface area contributed by atoms with Crippen LogP contribution >= 0.6 is 23.2 Å². The molecule has 12 heteroatoms. The fourth-order valence-corrected chi connectivity index (χ4v) is 3.58. The molecule has 1 unspecified atom stereocenters. The number of rotatable bonds is 8. The third-order valence-electron chi connectivity index (χ3n) is 4.57. The Balaban J connectivity index is 1.82. The molecule has 1 aliphatic rings. The topological polar surface area (TPSA) is 104 Å². The van der Waals surface area contributed by atoms with Crippen LogP contribution in [0.3, 0.4) is 0 Å². The zero-order chi connectivity index (χ0) is 23.6. The number of benzene rings is 1. The third kappa shape index (κ3) is 5.25. The van der Waals surface area contributed by atoms with Crippen LogP contribution in [0.15, 0.2) is 24.4 Å². The minimum atomic E-state index is -2.75. The van der Waals surface area contributed by atoms with Gasteiger partial charge in [0.15, 0.2) is 6.10 Å². The molecule has 0 saturated carbocycles. The first-order chi connectivity index (χ1) is 15.1. The van der Waals surface area contributed by atoms with Crippen LogP contribution in [0, 0.1) is 11.7 Å². The number of aromatic nitrogens is 1. The maximum atomic E-state index is 14.8. The van der Waals surface area contributed by atoms with E-state index in [1.807, 2.05) is 0 Å². The fraction of sp³-hybridized carbons (Fsp3) is 0.300. The third-order valence-corrected chi connectivity index (χ3v) is 5.07.